The second kappa shape index (κ2) is 63.8. The van der Waals surface area contributed by atoms with Gasteiger partial charge in [0.2, 0.25) is 0 Å². The first-order valence-electron chi connectivity index (χ1n) is 31.3. The van der Waals surface area contributed by atoms with Gasteiger partial charge in [0.1, 0.15) is 13.2 Å². The van der Waals surface area contributed by atoms with Crippen LogP contribution in [0.15, 0.2) is 146 Å². The molecule has 0 aromatic carbocycles. The maximum Gasteiger partial charge on any atom is 0.306 e. The van der Waals surface area contributed by atoms with Crippen LogP contribution in [-0.4, -0.2) is 37.2 Å². The molecule has 0 fully saturated rings. The Kier molecular flexibility index (Phi) is 59.9. The first kappa shape index (κ1) is 72.3. The molecule has 0 saturated carbocycles. The first-order valence-corrected chi connectivity index (χ1v) is 31.3. The molecule has 0 heterocycles. The molecule has 1 unspecified atom stereocenters. The van der Waals surface area contributed by atoms with Gasteiger partial charge in [-0.25, -0.2) is 0 Å². The lowest BCUT2D eigenvalue weighted by Gasteiger charge is -2.18. The van der Waals surface area contributed by atoms with Gasteiger partial charge in [-0.05, 0) is 135 Å². The number of esters is 3. The van der Waals surface area contributed by atoms with E-state index in [4.69, 9.17) is 14.2 Å². The molecule has 434 valence electrons. The second-order valence-corrected chi connectivity index (χ2v) is 20.2. The van der Waals surface area contributed by atoms with Gasteiger partial charge in [-0.15, -0.1) is 0 Å². The van der Waals surface area contributed by atoms with Gasteiger partial charge >= 0.3 is 17.9 Å². The van der Waals surface area contributed by atoms with Gasteiger partial charge < -0.3 is 14.2 Å². The lowest BCUT2D eigenvalue weighted by molar-refractivity contribution is -0.167. The fourth-order valence-corrected chi connectivity index (χ4v) is 8.24. The fraction of sp³-hybridized carbons (Fsp3) is 0.620. The monoisotopic (exact) mass is 1060 g/mol. The molecule has 77 heavy (non-hydrogen) atoms. The van der Waals surface area contributed by atoms with E-state index in [-0.39, 0.29) is 37.5 Å². The minimum atomic E-state index is -0.814. The zero-order valence-corrected chi connectivity index (χ0v) is 49.7. The van der Waals surface area contributed by atoms with Crippen LogP contribution in [0.2, 0.25) is 0 Å². The molecule has 0 bridgehead atoms. The summed E-state index contributed by atoms with van der Waals surface area (Å²) >= 11 is 0. The highest BCUT2D eigenvalue weighted by Crippen LogP contribution is 2.15. The smallest absolute Gasteiger partial charge is 0.306 e. The van der Waals surface area contributed by atoms with Gasteiger partial charge in [0.15, 0.2) is 6.10 Å². The SMILES string of the molecule is CC/C=C\C/C=C\C/C=C\C/C=C\C/C=C\CCCCCC(=O)OC(COC(=O)CCCCC/C=C\C/C=C\C/C=C\CC)COC(=O)CCCCCCCCCCCCCCCC/C=C\C/C=C\C/C=C\C/C=C\CC. The maximum absolute atomic E-state index is 12.9. The summed E-state index contributed by atoms with van der Waals surface area (Å²) in [7, 11) is 0. The van der Waals surface area contributed by atoms with E-state index in [1.807, 2.05) is 0 Å². The van der Waals surface area contributed by atoms with E-state index in [1.165, 1.54) is 77.0 Å². The molecule has 0 N–H and O–H groups in total. The summed E-state index contributed by atoms with van der Waals surface area (Å²) in [5.41, 5.74) is 0. The summed E-state index contributed by atoms with van der Waals surface area (Å²) in [4.78, 5) is 38.3. The van der Waals surface area contributed by atoms with Crippen LogP contribution < -0.4 is 0 Å². The average Bonchev–Trinajstić information content (AvgIpc) is 3.43. The molecule has 6 heteroatoms. The molecule has 0 saturated heterocycles. The normalized spacial score (nSPS) is 13.1. The molecule has 0 aliphatic heterocycles. The van der Waals surface area contributed by atoms with Crippen LogP contribution >= 0.6 is 0 Å². The van der Waals surface area contributed by atoms with Gasteiger partial charge in [0, 0.05) is 19.3 Å². The van der Waals surface area contributed by atoms with Gasteiger partial charge in [-0.3, -0.25) is 14.4 Å². The second-order valence-electron chi connectivity index (χ2n) is 20.2. The van der Waals surface area contributed by atoms with Crippen molar-refractivity contribution in [3.05, 3.63) is 146 Å². The number of hydrogen-bond acceptors (Lipinski definition) is 6. The van der Waals surface area contributed by atoms with Crippen LogP contribution in [0.3, 0.4) is 0 Å². The van der Waals surface area contributed by atoms with Gasteiger partial charge in [0.25, 0.3) is 0 Å². The van der Waals surface area contributed by atoms with E-state index in [9.17, 15) is 14.4 Å². The van der Waals surface area contributed by atoms with E-state index in [2.05, 4.69) is 167 Å². The van der Waals surface area contributed by atoms with Crippen LogP contribution in [-0.2, 0) is 28.6 Å². The quantitative estimate of drug-likeness (QED) is 0.0261. The van der Waals surface area contributed by atoms with Crippen molar-refractivity contribution in [3.8, 4) is 0 Å². The Morgan fingerprint density at radius 2 is 0.468 bits per heavy atom. The van der Waals surface area contributed by atoms with Crippen molar-refractivity contribution < 1.29 is 28.6 Å². The summed E-state index contributed by atoms with van der Waals surface area (Å²) < 4.78 is 16.9. The zero-order valence-electron chi connectivity index (χ0n) is 49.7. The predicted molar refractivity (Wildman–Crippen MR) is 334 cm³/mol. The number of rotatable bonds is 55. The number of carbonyl (C=O) groups excluding carboxylic acids is 3. The van der Waals surface area contributed by atoms with E-state index in [1.54, 1.807) is 0 Å². The summed E-state index contributed by atoms with van der Waals surface area (Å²) in [5.74, 6) is -0.971. The Morgan fingerprint density at radius 1 is 0.260 bits per heavy atom. The minimum absolute atomic E-state index is 0.106. The number of unbranched alkanes of at least 4 members (excludes halogenated alkanes) is 20. The van der Waals surface area contributed by atoms with Crippen LogP contribution in [0.25, 0.3) is 0 Å². The summed E-state index contributed by atoms with van der Waals surface area (Å²) in [6.45, 7) is 6.25. The standard InChI is InChI=1S/C71H114O6/c1-4-7-10-13-16-19-22-25-27-29-31-32-33-34-35-36-37-38-40-41-43-46-49-52-55-58-61-64-70(73)76-67-68(66-75-69(72)63-60-57-54-51-48-45-24-21-18-15-12-9-6-3)77-71(74)65-62-59-56-53-50-47-44-42-39-30-28-26-23-20-17-14-11-8-5-2/h7-12,16-21,25-28,31-32,39,42,45,47-48,50,68H,4-6,13-15,22-24,29-30,33-38,40-41,43-44,46,49,51-67H2,1-3H3/b10-7-,11-8-,12-9-,19-16-,20-17-,21-18-,27-25-,28-26-,32-31-,42-39-,48-45-,50-47-. The molecular formula is C71H114O6. The molecule has 0 amide bonds. The number of carbonyl (C=O) groups is 3. The molecule has 0 aliphatic carbocycles. The molecule has 0 spiro atoms. The van der Waals surface area contributed by atoms with Crippen LogP contribution in [0.4, 0.5) is 0 Å². The number of allylic oxidation sites excluding steroid dienone is 24. The third-order valence-corrected chi connectivity index (χ3v) is 12.8. The molecule has 0 rings (SSSR count). The van der Waals surface area contributed by atoms with E-state index >= 15 is 0 Å². The minimum Gasteiger partial charge on any atom is -0.462 e. The Balaban J connectivity index is 4.37. The first-order chi connectivity index (χ1) is 38.0. The van der Waals surface area contributed by atoms with E-state index in [0.717, 1.165) is 141 Å². The summed E-state index contributed by atoms with van der Waals surface area (Å²) in [5, 5.41) is 0. The van der Waals surface area contributed by atoms with Crippen molar-refractivity contribution >= 4 is 17.9 Å². The highest BCUT2D eigenvalue weighted by atomic mass is 16.6. The molecule has 6 nitrogen and oxygen atoms in total. The molecule has 1 atom stereocenters. The van der Waals surface area contributed by atoms with E-state index < -0.39 is 6.10 Å². The average molecular weight is 1060 g/mol. The Bertz CT molecular complexity index is 1700. The van der Waals surface area contributed by atoms with Crippen molar-refractivity contribution in [1.29, 1.82) is 0 Å². The van der Waals surface area contributed by atoms with Crippen LogP contribution in [0.5, 0.6) is 0 Å². The number of hydrogen-bond donors (Lipinski definition) is 0. The molecule has 0 aromatic rings. The fourth-order valence-electron chi connectivity index (χ4n) is 8.24. The van der Waals surface area contributed by atoms with E-state index in [0.29, 0.717) is 19.3 Å². The molecule has 0 radical (unpaired) electrons. The zero-order chi connectivity index (χ0) is 55.7. The highest BCUT2D eigenvalue weighted by molar-refractivity contribution is 5.71. The van der Waals surface area contributed by atoms with Crippen molar-refractivity contribution in [3.63, 3.8) is 0 Å². The van der Waals surface area contributed by atoms with Crippen LogP contribution in [0, 0.1) is 0 Å². The lowest BCUT2D eigenvalue weighted by Crippen LogP contribution is -2.30. The topological polar surface area (TPSA) is 78.9 Å². The Hall–Kier alpha value is -4.71. The van der Waals surface area contributed by atoms with Crippen molar-refractivity contribution in [2.75, 3.05) is 13.2 Å². The summed E-state index contributed by atoms with van der Waals surface area (Å²) in [6, 6.07) is 0. The van der Waals surface area contributed by atoms with Gasteiger partial charge in [0.05, 0.1) is 0 Å². The van der Waals surface area contributed by atoms with Crippen molar-refractivity contribution in [1.82, 2.24) is 0 Å². The van der Waals surface area contributed by atoms with Gasteiger partial charge in [-0.1, -0.05) is 256 Å². The van der Waals surface area contributed by atoms with Crippen LogP contribution in [0.1, 0.15) is 265 Å². The maximum atomic E-state index is 12.9. The Morgan fingerprint density at radius 3 is 0.740 bits per heavy atom. The van der Waals surface area contributed by atoms with Gasteiger partial charge in [-0.2, -0.15) is 0 Å². The molecule has 0 aliphatic rings. The Labute approximate surface area is 474 Å². The summed E-state index contributed by atoms with van der Waals surface area (Å²) in [6.07, 6.45) is 91.4. The lowest BCUT2D eigenvalue weighted by atomic mass is 10.0. The van der Waals surface area contributed by atoms with Crippen molar-refractivity contribution in [2.24, 2.45) is 0 Å². The van der Waals surface area contributed by atoms with Crippen molar-refractivity contribution in [2.45, 2.75) is 271 Å². The molecule has 0 aromatic heterocycles. The largest absolute Gasteiger partial charge is 0.462 e. The predicted octanol–water partition coefficient (Wildman–Crippen LogP) is 21.5. The number of ether oxygens (including phenoxy) is 3. The molecular weight excluding hydrogens is 949 g/mol. The highest BCUT2D eigenvalue weighted by Gasteiger charge is 2.19. The third kappa shape index (κ3) is 62.0. The third-order valence-electron chi connectivity index (χ3n) is 12.8.